The average molecular weight is 776 g/mol. The number of imidazole rings is 1. The Balaban J connectivity index is 0.912. The van der Waals surface area contributed by atoms with Crippen LogP contribution < -0.4 is 10.6 Å². The fourth-order valence-electron chi connectivity index (χ4n) is 9.63. The van der Waals surface area contributed by atoms with Crippen LogP contribution in [-0.4, -0.2) is 93.9 Å². The molecule has 3 aromatic rings. The average Bonchev–Trinajstić information content (AvgIpc) is 3.86. The van der Waals surface area contributed by atoms with Crippen LogP contribution in [0.2, 0.25) is 0 Å². The Morgan fingerprint density at radius 3 is 1.91 bits per heavy atom. The van der Waals surface area contributed by atoms with Crippen LogP contribution in [-0.2, 0) is 19.1 Å². The van der Waals surface area contributed by atoms with E-state index in [-0.39, 0.29) is 47.8 Å². The first-order chi connectivity index (χ1) is 27.4. The molecule has 13 heteroatoms. The van der Waals surface area contributed by atoms with E-state index in [1.54, 1.807) is 0 Å². The highest BCUT2D eigenvalue weighted by Gasteiger charge is 2.56. The summed E-state index contributed by atoms with van der Waals surface area (Å²) in [5.41, 5.74) is 7.30. The molecule has 4 heterocycles. The van der Waals surface area contributed by atoms with Gasteiger partial charge in [0.1, 0.15) is 17.9 Å². The second kappa shape index (κ2) is 15.5. The predicted molar refractivity (Wildman–Crippen MR) is 216 cm³/mol. The van der Waals surface area contributed by atoms with E-state index in [1.165, 1.54) is 14.2 Å². The van der Waals surface area contributed by atoms with Crippen LogP contribution in [0.3, 0.4) is 0 Å². The lowest BCUT2D eigenvalue weighted by molar-refractivity contribution is -0.139. The van der Waals surface area contributed by atoms with Crippen LogP contribution >= 0.6 is 0 Å². The van der Waals surface area contributed by atoms with E-state index in [2.05, 4.69) is 64.1 Å². The van der Waals surface area contributed by atoms with Crippen molar-refractivity contribution in [3.63, 3.8) is 0 Å². The smallest absolute Gasteiger partial charge is 0.407 e. The zero-order valence-electron chi connectivity index (χ0n) is 33.5. The Hall–Kier alpha value is -5.46. The van der Waals surface area contributed by atoms with E-state index in [0.717, 1.165) is 77.2 Å². The summed E-state index contributed by atoms with van der Waals surface area (Å²) < 4.78 is 9.63. The molecule has 2 bridgehead atoms. The van der Waals surface area contributed by atoms with E-state index in [0.29, 0.717) is 18.3 Å². The molecule has 300 valence electrons. The van der Waals surface area contributed by atoms with Gasteiger partial charge in [-0.2, -0.15) is 0 Å². The molecule has 3 aliphatic heterocycles. The first-order valence-corrected chi connectivity index (χ1v) is 20.3. The summed E-state index contributed by atoms with van der Waals surface area (Å²) in [6, 6.07) is 15.7. The standard InChI is InChI=1S/C44H53N7O6/c1-23(2)37(48-43(54)56-5)41(52)50-32-16-15-29(17-32)39(50)40-46-22-34(47-40)28-13-11-26(12-14-28)25-7-9-27(10-8-25)31-18-33(45-21-31)36-20-30-19-35(30)51(36)42(53)38(24(3)4)49-44(55)57-6/h7-14,21-24,29-30,32,35-39H,15-20H2,1-6H3,(H,46,47)(H,48,54)(H,49,55)/t29-,30+,32+,35+,36-,37-,38-,39-/m0/s1. The minimum absolute atomic E-state index is 0.0599. The molecule has 0 radical (unpaired) electrons. The van der Waals surface area contributed by atoms with E-state index in [1.807, 2.05) is 49.9 Å². The van der Waals surface area contributed by atoms with Gasteiger partial charge in [0.15, 0.2) is 0 Å². The van der Waals surface area contributed by atoms with Crippen molar-refractivity contribution in [1.29, 1.82) is 0 Å². The lowest BCUT2D eigenvalue weighted by Crippen LogP contribution is -2.54. The number of hydrogen-bond acceptors (Lipinski definition) is 8. The number of piperidine rings is 2. The molecule has 2 aliphatic carbocycles. The van der Waals surface area contributed by atoms with Crippen molar-refractivity contribution in [2.75, 3.05) is 14.2 Å². The number of carbonyl (C=O) groups is 4. The molecule has 13 nitrogen and oxygen atoms in total. The molecule has 4 amide bonds. The number of amides is 4. The molecule has 57 heavy (non-hydrogen) atoms. The summed E-state index contributed by atoms with van der Waals surface area (Å²) in [4.78, 5) is 69.0. The van der Waals surface area contributed by atoms with Gasteiger partial charge >= 0.3 is 12.2 Å². The van der Waals surface area contributed by atoms with Gasteiger partial charge in [-0.25, -0.2) is 14.6 Å². The van der Waals surface area contributed by atoms with Gasteiger partial charge in [-0.3, -0.25) is 14.6 Å². The monoisotopic (exact) mass is 775 g/mol. The fourth-order valence-corrected chi connectivity index (χ4v) is 9.63. The molecule has 4 fully saturated rings. The van der Waals surface area contributed by atoms with Crippen molar-refractivity contribution in [2.24, 2.45) is 28.7 Å². The Morgan fingerprint density at radius 1 is 0.737 bits per heavy atom. The number of likely N-dealkylation sites (tertiary alicyclic amines) is 2. The summed E-state index contributed by atoms with van der Waals surface area (Å²) in [7, 11) is 2.62. The summed E-state index contributed by atoms with van der Waals surface area (Å²) >= 11 is 0. The first kappa shape index (κ1) is 38.4. The number of hydrogen-bond donors (Lipinski definition) is 3. The Kier molecular flexibility index (Phi) is 10.4. The maximum absolute atomic E-state index is 13.9. The van der Waals surface area contributed by atoms with Gasteiger partial charge in [0.25, 0.3) is 0 Å². The van der Waals surface area contributed by atoms with E-state index < -0.39 is 24.3 Å². The van der Waals surface area contributed by atoms with Crippen LogP contribution in [0.25, 0.3) is 28.0 Å². The molecule has 2 saturated carbocycles. The topological polar surface area (TPSA) is 158 Å². The minimum Gasteiger partial charge on any atom is -0.453 e. The number of H-pyrrole nitrogens is 1. The number of allylic oxidation sites excluding steroid dienone is 1. The van der Waals surface area contributed by atoms with Crippen LogP contribution in [0.4, 0.5) is 9.59 Å². The van der Waals surface area contributed by atoms with Crippen LogP contribution in [0.15, 0.2) is 65.9 Å². The third kappa shape index (κ3) is 7.32. The molecule has 8 rings (SSSR count). The third-order valence-electron chi connectivity index (χ3n) is 12.8. The number of aromatic nitrogens is 2. The molecule has 0 unspecified atom stereocenters. The highest BCUT2D eigenvalue weighted by molar-refractivity contribution is 6.04. The lowest BCUT2D eigenvalue weighted by Gasteiger charge is -2.37. The van der Waals surface area contributed by atoms with Crippen molar-refractivity contribution < 1.29 is 28.7 Å². The Labute approximate surface area is 333 Å². The number of aliphatic imine (C=N–C) groups is 1. The largest absolute Gasteiger partial charge is 0.453 e. The fraction of sp³-hybridized carbons (Fsp3) is 0.500. The molecular weight excluding hydrogens is 723 g/mol. The van der Waals surface area contributed by atoms with Gasteiger partial charge in [-0.05, 0) is 83.6 Å². The van der Waals surface area contributed by atoms with Gasteiger partial charge in [-0.15, -0.1) is 0 Å². The number of fused-ring (bicyclic) bond motifs is 3. The number of ether oxygens (including phenoxy) is 2. The number of benzene rings is 2. The van der Waals surface area contributed by atoms with Crippen LogP contribution in [0.1, 0.15) is 83.6 Å². The van der Waals surface area contributed by atoms with Crippen molar-refractivity contribution in [1.82, 2.24) is 30.4 Å². The molecule has 2 saturated heterocycles. The normalized spacial score (nSPS) is 25.5. The molecule has 3 N–H and O–H groups in total. The Bertz CT molecular complexity index is 2090. The van der Waals surface area contributed by atoms with E-state index >= 15 is 0 Å². The second-order valence-corrected chi connectivity index (χ2v) is 17.0. The molecule has 5 aliphatic rings. The highest BCUT2D eigenvalue weighted by Crippen LogP contribution is 2.51. The van der Waals surface area contributed by atoms with Crippen LogP contribution in [0.5, 0.6) is 0 Å². The zero-order valence-corrected chi connectivity index (χ0v) is 33.5. The van der Waals surface area contributed by atoms with Gasteiger partial charge in [0.2, 0.25) is 11.8 Å². The van der Waals surface area contributed by atoms with Crippen molar-refractivity contribution in [3.8, 4) is 22.4 Å². The highest BCUT2D eigenvalue weighted by atomic mass is 16.5. The lowest BCUT2D eigenvalue weighted by atomic mass is 9.95. The van der Waals surface area contributed by atoms with Crippen molar-refractivity contribution in [2.45, 2.75) is 102 Å². The molecular formula is C44H53N7O6. The number of nitrogens with one attached hydrogen (secondary N) is 3. The number of aromatic amines is 1. The maximum atomic E-state index is 13.9. The predicted octanol–water partition coefficient (Wildman–Crippen LogP) is 6.73. The molecule has 2 aromatic carbocycles. The van der Waals surface area contributed by atoms with Crippen molar-refractivity contribution in [3.05, 3.63) is 72.3 Å². The molecule has 8 atom stereocenters. The van der Waals surface area contributed by atoms with Gasteiger partial charge in [-0.1, -0.05) is 76.2 Å². The molecule has 1 aromatic heterocycles. The summed E-state index contributed by atoms with van der Waals surface area (Å²) in [5.74, 6) is 1.26. The number of rotatable bonds is 11. The van der Waals surface area contributed by atoms with E-state index in [9.17, 15) is 19.2 Å². The minimum atomic E-state index is -0.677. The molecule has 0 spiro atoms. The van der Waals surface area contributed by atoms with E-state index in [4.69, 9.17) is 19.5 Å². The SMILES string of the molecule is COC(=O)N[C@H](C(=O)N1[C@@H]2CC[C@@H](C2)[C@H]1c1ncc(-c2ccc(-c3ccc(C4=CN=C([C@@H]5C[C@H]6C[C@H]6N5C(=O)[C@@H](NC(=O)OC)C(C)C)C4)cc3)cc2)[nH]1)C(C)C. The zero-order chi connectivity index (χ0) is 40.1. The third-order valence-corrected chi connectivity index (χ3v) is 12.8. The number of alkyl carbamates (subject to hydrolysis) is 2. The number of methoxy groups -OCH3 is 2. The van der Waals surface area contributed by atoms with Crippen molar-refractivity contribution >= 4 is 35.3 Å². The van der Waals surface area contributed by atoms with Gasteiger partial charge < -0.3 is 34.9 Å². The summed E-state index contributed by atoms with van der Waals surface area (Å²) in [6.45, 7) is 7.73. The number of carbonyl (C=O) groups excluding carboxylic acids is 4. The second-order valence-electron chi connectivity index (χ2n) is 17.0. The quantitative estimate of drug-likeness (QED) is 0.195. The number of nitrogens with zero attached hydrogens (tertiary/aromatic N) is 4. The van der Waals surface area contributed by atoms with Gasteiger partial charge in [0.05, 0.1) is 38.2 Å². The maximum Gasteiger partial charge on any atom is 0.407 e. The summed E-state index contributed by atoms with van der Waals surface area (Å²) in [6.07, 6.45) is 8.11. The first-order valence-electron chi connectivity index (χ1n) is 20.3. The van der Waals surface area contributed by atoms with Gasteiger partial charge in [0, 0.05) is 30.4 Å². The summed E-state index contributed by atoms with van der Waals surface area (Å²) in [5, 5.41) is 5.51. The Morgan fingerprint density at radius 2 is 1.32 bits per heavy atom. The van der Waals surface area contributed by atoms with Crippen LogP contribution in [0, 0.1) is 23.7 Å².